The number of methoxy groups -OCH3 is 2. The van der Waals surface area contributed by atoms with E-state index in [1.165, 1.54) is 12.7 Å². The predicted octanol–water partition coefficient (Wildman–Crippen LogP) is 4.18. The summed E-state index contributed by atoms with van der Waals surface area (Å²) in [4.78, 5) is 25.7. The second-order valence-electron chi connectivity index (χ2n) is 7.33. The van der Waals surface area contributed by atoms with Crippen molar-refractivity contribution in [1.82, 2.24) is 0 Å². The zero-order valence-electron chi connectivity index (χ0n) is 16.7. The Bertz CT molecular complexity index is 871. The quantitative estimate of drug-likeness (QED) is 0.704. The number of amides is 2. The van der Waals surface area contributed by atoms with Crippen LogP contribution in [0.3, 0.4) is 0 Å². The molecule has 0 radical (unpaired) electrons. The van der Waals surface area contributed by atoms with Crippen molar-refractivity contribution in [2.75, 3.05) is 24.9 Å². The number of hydrogen-bond donors (Lipinski definition) is 2. The summed E-state index contributed by atoms with van der Waals surface area (Å²) in [5, 5.41) is 5.70. The van der Waals surface area contributed by atoms with Gasteiger partial charge in [-0.3, -0.25) is 9.59 Å². The second-order valence-corrected chi connectivity index (χ2v) is 7.33. The molecular formula is C22H26N2O4. The molecule has 3 rings (SSSR count). The van der Waals surface area contributed by atoms with Crippen molar-refractivity contribution in [2.24, 2.45) is 5.41 Å². The lowest BCUT2D eigenvalue weighted by Crippen LogP contribution is -2.35. The first kappa shape index (κ1) is 19.7. The highest BCUT2D eigenvalue weighted by Gasteiger charge is 2.56. The van der Waals surface area contributed by atoms with Gasteiger partial charge in [0.25, 0.3) is 0 Å². The molecule has 0 bridgehead atoms. The van der Waals surface area contributed by atoms with E-state index in [1.54, 1.807) is 25.3 Å². The molecule has 0 atom stereocenters. The van der Waals surface area contributed by atoms with Gasteiger partial charge in [0.15, 0.2) is 0 Å². The van der Waals surface area contributed by atoms with Crippen LogP contribution in [0.2, 0.25) is 0 Å². The van der Waals surface area contributed by atoms with Crippen LogP contribution in [0.25, 0.3) is 0 Å². The van der Waals surface area contributed by atoms with Crippen LogP contribution in [0, 0.1) is 5.41 Å². The minimum Gasteiger partial charge on any atom is -0.497 e. The van der Waals surface area contributed by atoms with E-state index in [-0.39, 0.29) is 11.8 Å². The predicted molar refractivity (Wildman–Crippen MR) is 109 cm³/mol. The molecule has 0 unspecified atom stereocenters. The largest absolute Gasteiger partial charge is 0.497 e. The molecule has 0 aromatic heterocycles. The molecule has 0 spiro atoms. The summed E-state index contributed by atoms with van der Waals surface area (Å²) in [6.07, 6.45) is 1.03. The average molecular weight is 382 g/mol. The third kappa shape index (κ3) is 3.96. The first-order valence-electron chi connectivity index (χ1n) is 9.34. The fourth-order valence-corrected chi connectivity index (χ4v) is 3.04. The maximum Gasteiger partial charge on any atom is 0.240 e. The van der Waals surface area contributed by atoms with Crippen molar-refractivity contribution in [3.05, 3.63) is 48.0 Å². The Morgan fingerprint density at radius 3 is 2.11 bits per heavy atom. The molecule has 6 nitrogen and oxygen atoms in total. The Morgan fingerprint density at radius 1 is 0.929 bits per heavy atom. The van der Waals surface area contributed by atoms with Gasteiger partial charge in [-0.25, -0.2) is 0 Å². The smallest absolute Gasteiger partial charge is 0.240 e. The van der Waals surface area contributed by atoms with Gasteiger partial charge >= 0.3 is 0 Å². The number of carbonyl (C=O) groups is 2. The molecule has 2 N–H and O–H groups in total. The molecule has 6 heteroatoms. The van der Waals surface area contributed by atoms with E-state index in [4.69, 9.17) is 9.47 Å². The molecule has 1 aliphatic rings. The minimum absolute atomic E-state index is 0.288. The van der Waals surface area contributed by atoms with Gasteiger partial charge in [0.05, 0.1) is 19.9 Å². The zero-order valence-corrected chi connectivity index (χ0v) is 16.7. The van der Waals surface area contributed by atoms with Crippen molar-refractivity contribution < 1.29 is 19.1 Å². The number of anilines is 2. The molecular weight excluding hydrogens is 356 g/mol. The highest BCUT2D eigenvalue weighted by atomic mass is 16.5. The van der Waals surface area contributed by atoms with Gasteiger partial charge in [-0.1, -0.05) is 26.0 Å². The SMILES string of the molecule is COc1ccc(OC)c(NC(=O)C2(C(=O)Nc3ccc(C(C)C)cc3)CC2)c1. The normalized spacial score (nSPS) is 14.3. The van der Waals surface area contributed by atoms with E-state index < -0.39 is 5.41 Å². The molecule has 1 aliphatic carbocycles. The lowest BCUT2D eigenvalue weighted by molar-refractivity contribution is -0.131. The number of nitrogens with one attached hydrogen (secondary N) is 2. The number of ether oxygens (including phenoxy) is 2. The summed E-state index contributed by atoms with van der Waals surface area (Å²) < 4.78 is 10.5. The van der Waals surface area contributed by atoms with Gasteiger partial charge in [-0.05, 0) is 48.6 Å². The molecule has 2 aromatic rings. The number of hydrogen-bond acceptors (Lipinski definition) is 4. The van der Waals surface area contributed by atoms with Gasteiger partial charge in [-0.15, -0.1) is 0 Å². The molecule has 1 saturated carbocycles. The lowest BCUT2D eigenvalue weighted by Gasteiger charge is -2.17. The van der Waals surface area contributed by atoms with Crippen molar-refractivity contribution in [3.8, 4) is 11.5 Å². The Labute approximate surface area is 165 Å². The van der Waals surface area contributed by atoms with E-state index in [2.05, 4.69) is 24.5 Å². The van der Waals surface area contributed by atoms with Gasteiger partial charge < -0.3 is 20.1 Å². The van der Waals surface area contributed by atoms with Crippen LogP contribution in [0.5, 0.6) is 11.5 Å². The standard InChI is InChI=1S/C22H26N2O4/c1-14(2)15-5-7-16(8-6-15)23-20(25)22(11-12-22)21(26)24-18-13-17(27-3)9-10-19(18)28-4/h5-10,13-14H,11-12H2,1-4H3,(H,23,25)(H,24,26). The van der Waals surface area contributed by atoms with Gasteiger partial charge in [-0.2, -0.15) is 0 Å². The van der Waals surface area contributed by atoms with Crippen LogP contribution in [0.1, 0.15) is 38.2 Å². The monoisotopic (exact) mass is 382 g/mol. The van der Waals surface area contributed by atoms with Crippen molar-refractivity contribution in [1.29, 1.82) is 0 Å². The summed E-state index contributed by atoms with van der Waals surface area (Å²) in [5.74, 6) is 0.896. The minimum atomic E-state index is -1.05. The molecule has 2 aromatic carbocycles. The summed E-state index contributed by atoms with van der Waals surface area (Å²) in [5.41, 5.74) is 1.31. The first-order chi connectivity index (χ1) is 13.4. The lowest BCUT2D eigenvalue weighted by atomic mass is 10.0. The summed E-state index contributed by atoms with van der Waals surface area (Å²) in [7, 11) is 3.08. The Hall–Kier alpha value is -3.02. The molecule has 0 heterocycles. The summed E-state index contributed by atoms with van der Waals surface area (Å²) in [6, 6.07) is 12.8. The second kappa shape index (κ2) is 7.92. The maximum absolute atomic E-state index is 12.9. The zero-order chi connectivity index (χ0) is 20.3. The van der Waals surface area contributed by atoms with E-state index in [0.717, 1.165) is 0 Å². The van der Waals surface area contributed by atoms with E-state index in [9.17, 15) is 9.59 Å². The third-order valence-corrected chi connectivity index (χ3v) is 5.11. The number of carbonyl (C=O) groups excluding carboxylic acids is 2. The Balaban J connectivity index is 1.72. The van der Waals surface area contributed by atoms with Gasteiger partial charge in [0, 0.05) is 11.8 Å². The first-order valence-corrected chi connectivity index (χ1v) is 9.34. The van der Waals surface area contributed by atoms with Crippen LogP contribution in [0.4, 0.5) is 11.4 Å². The molecule has 1 fully saturated rings. The fourth-order valence-electron chi connectivity index (χ4n) is 3.04. The van der Waals surface area contributed by atoms with Crippen LogP contribution in [-0.2, 0) is 9.59 Å². The highest BCUT2D eigenvalue weighted by Crippen LogP contribution is 2.48. The van der Waals surface area contributed by atoms with Crippen LogP contribution >= 0.6 is 0 Å². The van der Waals surface area contributed by atoms with Crippen molar-refractivity contribution >= 4 is 23.2 Å². The highest BCUT2D eigenvalue weighted by molar-refractivity contribution is 6.17. The van der Waals surface area contributed by atoms with Gasteiger partial charge in [0.1, 0.15) is 16.9 Å². The Kier molecular flexibility index (Phi) is 5.58. The van der Waals surface area contributed by atoms with Crippen LogP contribution < -0.4 is 20.1 Å². The molecule has 0 aliphatic heterocycles. The number of rotatable bonds is 7. The molecule has 148 valence electrons. The average Bonchev–Trinajstić information content (AvgIpc) is 3.50. The molecule has 2 amide bonds. The van der Waals surface area contributed by atoms with E-state index in [1.807, 2.05) is 24.3 Å². The Morgan fingerprint density at radius 2 is 1.57 bits per heavy atom. The molecule has 0 saturated heterocycles. The third-order valence-electron chi connectivity index (χ3n) is 5.11. The molecule has 28 heavy (non-hydrogen) atoms. The van der Waals surface area contributed by atoms with Crippen molar-refractivity contribution in [3.63, 3.8) is 0 Å². The van der Waals surface area contributed by atoms with E-state index >= 15 is 0 Å². The van der Waals surface area contributed by atoms with Crippen molar-refractivity contribution in [2.45, 2.75) is 32.6 Å². The van der Waals surface area contributed by atoms with E-state index in [0.29, 0.717) is 41.6 Å². The topological polar surface area (TPSA) is 76.7 Å². The van der Waals surface area contributed by atoms with Gasteiger partial charge in [0.2, 0.25) is 11.8 Å². The number of benzene rings is 2. The van der Waals surface area contributed by atoms with Crippen LogP contribution in [-0.4, -0.2) is 26.0 Å². The summed E-state index contributed by atoms with van der Waals surface area (Å²) >= 11 is 0. The summed E-state index contributed by atoms with van der Waals surface area (Å²) in [6.45, 7) is 4.23. The maximum atomic E-state index is 12.9. The van der Waals surface area contributed by atoms with Crippen LogP contribution in [0.15, 0.2) is 42.5 Å². The fraction of sp³-hybridized carbons (Fsp3) is 0.364.